The first-order valence-electron chi connectivity index (χ1n) is 22.1. The summed E-state index contributed by atoms with van der Waals surface area (Å²) >= 11 is 6.42. The number of piperidine rings is 1. The van der Waals surface area contributed by atoms with Crippen LogP contribution in [-0.2, 0) is 14.6 Å². The number of benzene rings is 3. The quantitative estimate of drug-likeness (QED) is 0.0982. The van der Waals surface area contributed by atoms with Crippen molar-refractivity contribution in [3.05, 3.63) is 102 Å². The van der Waals surface area contributed by atoms with Crippen LogP contribution in [0.25, 0.3) is 0 Å². The molecular weight excluding hydrogens is 855 g/mol. The Labute approximate surface area is 380 Å². The Hall–Kier alpha value is -5.78. The Balaban J connectivity index is 0.744. The molecule has 1 amide bonds. The smallest absolute Gasteiger partial charge is 0.229 e. The van der Waals surface area contributed by atoms with Gasteiger partial charge < -0.3 is 35.6 Å². The lowest BCUT2D eigenvalue weighted by atomic mass is 10.0. The number of hydrogen-bond donors (Lipinski definition) is 3. The first-order chi connectivity index (χ1) is 31.0. The monoisotopic (exact) mass is 910 g/mol. The number of halogens is 2. The van der Waals surface area contributed by atoms with E-state index in [0.717, 1.165) is 107 Å². The molecule has 0 bridgehead atoms. The molecule has 338 valence electrons. The van der Waals surface area contributed by atoms with Gasteiger partial charge in [0.25, 0.3) is 0 Å². The van der Waals surface area contributed by atoms with Crippen LogP contribution in [0.5, 0.6) is 0 Å². The molecule has 18 heteroatoms. The second kappa shape index (κ2) is 20.4. The molecule has 3 N–H and O–H groups in total. The summed E-state index contributed by atoms with van der Waals surface area (Å²) in [6, 6.07) is 23.7. The Morgan fingerprint density at radius 2 is 1.59 bits per heavy atom. The number of piperazine rings is 2. The number of hydrogen-bond acceptors (Lipinski definition) is 14. The van der Waals surface area contributed by atoms with Crippen molar-refractivity contribution in [2.75, 3.05) is 103 Å². The molecule has 0 unspecified atom stereocenters. The lowest BCUT2D eigenvalue weighted by molar-refractivity contribution is -0.131. The van der Waals surface area contributed by atoms with E-state index in [1.54, 1.807) is 56.6 Å². The van der Waals surface area contributed by atoms with Gasteiger partial charge in [-0.15, -0.1) is 0 Å². The van der Waals surface area contributed by atoms with Crippen LogP contribution < -0.4 is 30.7 Å². The van der Waals surface area contributed by atoms with Crippen molar-refractivity contribution in [2.24, 2.45) is 0 Å². The Kier molecular flexibility index (Phi) is 14.3. The van der Waals surface area contributed by atoms with Crippen LogP contribution in [0.4, 0.5) is 50.5 Å². The zero-order valence-electron chi connectivity index (χ0n) is 36.3. The van der Waals surface area contributed by atoms with Gasteiger partial charge in [-0.2, -0.15) is 4.98 Å². The molecule has 5 aromatic rings. The van der Waals surface area contributed by atoms with E-state index in [0.29, 0.717) is 31.1 Å². The molecule has 5 heterocycles. The first-order valence-corrected chi connectivity index (χ1v) is 24.0. The summed E-state index contributed by atoms with van der Waals surface area (Å²) in [5, 5.41) is 9.56. The number of carbonyl (C=O) groups is 1. The highest BCUT2D eigenvalue weighted by Gasteiger charge is 2.26. The summed E-state index contributed by atoms with van der Waals surface area (Å²) in [4.78, 5) is 42.6. The summed E-state index contributed by atoms with van der Waals surface area (Å²) < 4.78 is 39.8. The molecule has 64 heavy (non-hydrogen) atoms. The number of sulfone groups is 1. The molecule has 0 radical (unpaired) electrons. The molecule has 1 atom stereocenters. The largest absolute Gasteiger partial charge is 0.369 e. The molecule has 0 saturated carbocycles. The highest BCUT2D eigenvalue weighted by atomic mass is 35.5. The fraction of sp³-hybridized carbons (Fsp3) is 0.413. The Morgan fingerprint density at radius 1 is 0.828 bits per heavy atom. The molecule has 3 aliphatic rings. The number of para-hydroxylation sites is 1. The normalized spacial score (nSPS) is 17.4. The van der Waals surface area contributed by atoms with Crippen LogP contribution in [0.3, 0.4) is 0 Å². The number of nitrogens with one attached hydrogen (secondary N) is 3. The molecule has 15 nitrogen and oxygen atoms in total. The van der Waals surface area contributed by atoms with E-state index in [2.05, 4.69) is 55.5 Å². The van der Waals surface area contributed by atoms with Gasteiger partial charge >= 0.3 is 0 Å². The summed E-state index contributed by atoms with van der Waals surface area (Å²) in [6.45, 7) is 12.3. The average Bonchev–Trinajstić information content (AvgIpc) is 3.31. The maximum atomic E-state index is 13.9. The van der Waals surface area contributed by atoms with E-state index >= 15 is 0 Å². The van der Waals surface area contributed by atoms with Crippen molar-refractivity contribution >= 4 is 73.5 Å². The van der Waals surface area contributed by atoms with Gasteiger partial charge in [-0.1, -0.05) is 29.8 Å². The third-order valence-electron chi connectivity index (χ3n) is 12.1. The molecule has 0 spiro atoms. The summed E-state index contributed by atoms with van der Waals surface area (Å²) in [6.07, 6.45) is 6.50. The predicted molar refractivity (Wildman–Crippen MR) is 253 cm³/mol. The van der Waals surface area contributed by atoms with E-state index in [-0.39, 0.29) is 33.5 Å². The molecule has 8 rings (SSSR count). The van der Waals surface area contributed by atoms with Crippen molar-refractivity contribution < 1.29 is 17.6 Å². The van der Waals surface area contributed by atoms with Crippen molar-refractivity contribution in [3.8, 4) is 0 Å². The third kappa shape index (κ3) is 11.1. The van der Waals surface area contributed by atoms with Gasteiger partial charge in [-0.25, -0.2) is 27.8 Å². The number of amides is 1. The first kappa shape index (κ1) is 44.8. The lowest BCUT2D eigenvalue weighted by Gasteiger charge is -2.37. The summed E-state index contributed by atoms with van der Waals surface area (Å²) in [5.41, 5.74) is 3.13. The maximum absolute atomic E-state index is 13.9. The zero-order valence-corrected chi connectivity index (χ0v) is 37.9. The maximum Gasteiger partial charge on any atom is 0.229 e. The lowest BCUT2D eigenvalue weighted by Crippen LogP contribution is -2.49. The molecule has 3 fully saturated rings. The van der Waals surface area contributed by atoms with Gasteiger partial charge in [-0.05, 0) is 94.3 Å². The molecule has 3 aliphatic heterocycles. The fourth-order valence-corrected chi connectivity index (χ4v) is 9.78. The van der Waals surface area contributed by atoms with Gasteiger partial charge in [0.05, 0.1) is 22.0 Å². The van der Waals surface area contributed by atoms with E-state index < -0.39 is 15.1 Å². The van der Waals surface area contributed by atoms with Gasteiger partial charge in [0.1, 0.15) is 28.8 Å². The topological polar surface area (TPSA) is 155 Å². The molecule has 3 aromatic carbocycles. The van der Waals surface area contributed by atoms with Crippen molar-refractivity contribution in [3.63, 3.8) is 0 Å². The Morgan fingerprint density at radius 3 is 2.36 bits per heavy atom. The van der Waals surface area contributed by atoms with Crippen LogP contribution in [0.15, 0.2) is 96.3 Å². The molecule has 3 saturated heterocycles. The predicted octanol–water partition coefficient (Wildman–Crippen LogP) is 7.06. The van der Waals surface area contributed by atoms with Crippen molar-refractivity contribution in [2.45, 2.75) is 55.7 Å². The molecule has 2 aromatic heterocycles. The summed E-state index contributed by atoms with van der Waals surface area (Å²) in [7, 11) is -3.55. The average molecular weight is 912 g/mol. The standard InChI is InChI=1S/C46H56ClFN12O3S/c1-33(2)64(62,63)41-12-4-3-11-40(41)54-45-39(47)30-49-46(55-45)53-35-14-16-37(17-15-35)57-24-26-59(27-25-57)44(61)13-7-18-56-20-22-58(23-21-56)43-29-42(50-32-51-43)52-36-9-6-19-60(31-36)38-10-5-8-34(48)28-38/h3-5,8,10-12,14-17,28-30,32-33,36H,6-7,9,13,18-27,31H2,1-2H3,(H,50,51,52)(H2,49,53,54,55)/t36-/m1/s1. The minimum Gasteiger partial charge on any atom is -0.369 e. The van der Waals surface area contributed by atoms with Gasteiger partial charge in [0.2, 0.25) is 11.9 Å². The Bertz CT molecular complexity index is 2480. The minimum atomic E-state index is -3.55. The van der Waals surface area contributed by atoms with Gasteiger partial charge in [0.15, 0.2) is 15.7 Å². The number of nitrogens with zero attached hydrogens (tertiary/aromatic N) is 9. The fourth-order valence-electron chi connectivity index (χ4n) is 8.44. The zero-order chi connectivity index (χ0) is 44.6. The van der Waals surface area contributed by atoms with Crippen LogP contribution in [0, 0.1) is 5.82 Å². The van der Waals surface area contributed by atoms with E-state index in [1.165, 1.54) is 12.3 Å². The molecular formula is C46H56ClFN12O3S. The van der Waals surface area contributed by atoms with Crippen molar-refractivity contribution in [1.29, 1.82) is 0 Å². The SMILES string of the molecule is CC(C)S(=O)(=O)c1ccccc1Nc1nc(Nc2ccc(N3CCN(C(=O)CCCN4CCN(c5cc(N[C@@H]6CCCN(c7cccc(F)c7)C6)ncn5)CC4)CC3)cc2)ncc1Cl. The highest BCUT2D eigenvalue weighted by molar-refractivity contribution is 7.92. The number of anilines is 8. The van der Waals surface area contributed by atoms with Crippen LogP contribution >= 0.6 is 11.6 Å². The van der Waals surface area contributed by atoms with E-state index in [4.69, 9.17) is 11.6 Å². The summed E-state index contributed by atoms with van der Waals surface area (Å²) in [5.74, 6) is 2.29. The number of rotatable bonds is 15. The minimum absolute atomic E-state index is 0.175. The van der Waals surface area contributed by atoms with Crippen LogP contribution in [0.2, 0.25) is 5.02 Å². The van der Waals surface area contributed by atoms with E-state index in [9.17, 15) is 17.6 Å². The van der Waals surface area contributed by atoms with Gasteiger partial charge in [-0.3, -0.25) is 9.69 Å². The second-order valence-corrected chi connectivity index (χ2v) is 19.6. The highest BCUT2D eigenvalue weighted by Crippen LogP contribution is 2.31. The van der Waals surface area contributed by atoms with Crippen molar-refractivity contribution in [1.82, 2.24) is 29.7 Å². The molecule has 0 aliphatic carbocycles. The number of aromatic nitrogens is 4. The second-order valence-electron chi connectivity index (χ2n) is 16.7. The van der Waals surface area contributed by atoms with Gasteiger partial charge in [0, 0.05) is 101 Å². The number of carbonyl (C=O) groups excluding carboxylic acids is 1. The third-order valence-corrected chi connectivity index (χ3v) is 14.6. The van der Waals surface area contributed by atoms with Crippen LogP contribution in [0.1, 0.15) is 39.5 Å². The van der Waals surface area contributed by atoms with E-state index in [1.807, 2.05) is 41.3 Å². The van der Waals surface area contributed by atoms with Crippen LogP contribution in [-0.4, -0.2) is 127 Å².